The highest BCUT2D eigenvalue weighted by Crippen LogP contribution is 2.39. The molecule has 1 atom stereocenters. The van der Waals surface area contributed by atoms with Gasteiger partial charge in [-0.1, -0.05) is 0 Å². The van der Waals surface area contributed by atoms with Gasteiger partial charge in [0.05, 0.1) is 31.4 Å². The molecule has 0 saturated carbocycles. The molecule has 1 fully saturated rings. The van der Waals surface area contributed by atoms with E-state index in [1.807, 2.05) is 16.8 Å². The van der Waals surface area contributed by atoms with Gasteiger partial charge in [-0.05, 0) is 59.2 Å². The Labute approximate surface area is 182 Å². The Balaban J connectivity index is 1.36. The van der Waals surface area contributed by atoms with Crippen molar-refractivity contribution in [3.05, 3.63) is 44.5 Å². The SMILES string of the molecule is N#Cc1c(NC(=O)/C=C/c2ccsc2)sc2c1CCC(COC(=O)N1CC(O)C1)C2. The second kappa shape index (κ2) is 9.00. The average molecular weight is 444 g/mol. The van der Waals surface area contributed by atoms with Crippen LogP contribution in [-0.4, -0.2) is 47.8 Å². The number of aliphatic hydroxyl groups is 1. The van der Waals surface area contributed by atoms with Crippen LogP contribution in [0.4, 0.5) is 9.80 Å². The van der Waals surface area contributed by atoms with Gasteiger partial charge in [0.15, 0.2) is 0 Å². The fraction of sp³-hybridized carbons (Fsp3) is 0.381. The molecule has 1 unspecified atom stereocenters. The number of hydrogen-bond acceptors (Lipinski definition) is 7. The number of ether oxygens (including phenoxy) is 1. The van der Waals surface area contributed by atoms with Crippen molar-refractivity contribution in [3.8, 4) is 6.07 Å². The first-order chi connectivity index (χ1) is 14.5. The number of nitrogens with one attached hydrogen (secondary N) is 1. The summed E-state index contributed by atoms with van der Waals surface area (Å²) in [5.41, 5.74) is 2.50. The van der Waals surface area contributed by atoms with Crippen molar-refractivity contribution in [1.29, 1.82) is 5.26 Å². The second-order valence-electron chi connectivity index (χ2n) is 7.44. The fourth-order valence-corrected chi connectivity index (χ4v) is 5.53. The van der Waals surface area contributed by atoms with Crippen LogP contribution in [0.2, 0.25) is 0 Å². The molecule has 4 rings (SSSR count). The van der Waals surface area contributed by atoms with Gasteiger partial charge in [0.2, 0.25) is 5.91 Å². The summed E-state index contributed by atoms with van der Waals surface area (Å²) in [5.74, 6) is -0.0848. The van der Waals surface area contributed by atoms with Gasteiger partial charge in [0, 0.05) is 11.0 Å². The first kappa shape index (κ1) is 20.6. The Hall–Kier alpha value is -2.67. The van der Waals surface area contributed by atoms with E-state index in [9.17, 15) is 20.0 Å². The number of thiophene rings is 2. The summed E-state index contributed by atoms with van der Waals surface area (Å²) in [4.78, 5) is 26.8. The van der Waals surface area contributed by atoms with Crippen LogP contribution in [0.1, 0.15) is 28.0 Å². The minimum absolute atomic E-state index is 0.180. The maximum absolute atomic E-state index is 12.3. The fourth-order valence-electron chi connectivity index (χ4n) is 3.58. The molecular formula is C21H21N3O4S2. The van der Waals surface area contributed by atoms with Gasteiger partial charge >= 0.3 is 6.09 Å². The van der Waals surface area contributed by atoms with Crippen molar-refractivity contribution in [1.82, 2.24) is 4.90 Å². The van der Waals surface area contributed by atoms with Crippen molar-refractivity contribution in [2.45, 2.75) is 25.4 Å². The van der Waals surface area contributed by atoms with Gasteiger partial charge in [0.25, 0.3) is 0 Å². The highest BCUT2D eigenvalue weighted by Gasteiger charge is 2.31. The van der Waals surface area contributed by atoms with E-state index in [1.165, 1.54) is 22.3 Å². The Bertz CT molecular complexity index is 1000. The lowest BCUT2D eigenvalue weighted by molar-refractivity contribution is -0.111. The number of anilines is 1. The summed E-state index contributed by atoms with van der Waals surface area (Å²) in [6.45, 7) is 0.970. The smallest absolute Gasteiger partial charge is 0.409 e. The van der Waals surface area contributed by atoms with Crippen molar-refractivity contribution >= 4 is 45.8 Å². The molecule has 2 aliphatic rings. The highest BCUT2D eigenvalue weighted by atomic mass is 32.1. The number of amides is 2. The van der Waals surface area contributed by atoms with Crippen molar-refractivity contribution in [3.63, 3.8) is 0 Å². The van der Waals surface area contributed by atoms with Crippen LogP contribution >= 0.6 is 22.7 Å². The molecule has 7 nitrogen and oxygen atoms in total. The van der Waals surface area contributed by atoms with Crippen molar-refractivity contribution in [2.24, 2.45) is 5.92 Å². The minimum Gasteiger partial charge on any atom is -0.449 e. The Kier molecular flexibility index (Phi) is 6.18. The van der Waals surface area contributed by atoms with E-state index in [1.54, 1.807) is 17.4 Å². The number of nitrogens with zero attached hydrogens (tertiary/aromatic N) is 2. The first-order valence-corrected chi connectivity index (χ1v) is 11.4. The normalized spacial score (nSPS) is 18.5. The molecule has 1 aliphatic carbocycles. The number of carbonyl (C=O) groups is 2. The van der Waals surface area contributed by atoms with Crippen molar-refractivity contribution in [2.75, 3.05) is 25.0 Å². The van der Waals surface area contributed by atoms with E-state index >= 15 is 0 Å². The molecular weight excluding hydrogens is 422 g/mol. The third kappa shape index (κ3) is 4.56. The maximum Gasteiger partial charge on any atom is 0.409 e. The zero-order valence-corrected chi connectivity index (χ0v) is 17.8. The zero-order valence-electron chi connectivity index (χ0n) is 16.2. The Morgan fingerprint density at radius 2 is 2.27 bits per heavy atom. The summed E-state index contributed by atoms with van der Waals surface area (Å²) >= 11 is 2.99. The van der Waals surface area contributed by atoms with Gasteiger partial charge in [-0.3, -0.25) is 4.79 Å². The molecule has 0 radical (unpaired) electrons. The van der Waals surface area contributed by atoms with E-state index in [0.29, 0.717) is 36.7 Å². The van der Waals surface area contributed by atoms with Gasteiger partial charge < -0.3 is 20.1 Å². The summed E-state index contributed by atoms with van der Waals surface area (Å²) < 4.78 is 5.38. The number of hydrogen-bond donors (Lipinski definition) is 2. The zero-order chi connectivity index (χ0) is 21.1. The quantitative estimate of drug-likeness (QED) is 0.691. The molecule has 9 heteroatoms. The largest absolute Gasteiger partial charge is 0.449 e. The van der Waals surface area contributed by atoms with Crippen molar-refractivity contribution < 1.29 is 19.4 Å². The molecule has 2 aromatic heterocycles. The summed E-state index contributed by atoms with van der Waals surface area (Å²) in [6, 6.07) is 4.16. The molecule has 3 heterocycles. The van der Waals surface area contributed by atoms with Gasteiger partial charge in [0.1, 0.15) is 11.1 Å². The van der Waals surface area contributed by atoms with E-state index < -0.39 is 6.10 Å². The molecule has 1 aliphatic heterocycles. The Morgan fingerprint density at radius 3 is 2.97 bits per heavy atom. The number of nitriles is 1. The third-order valence-corrected chi connectivity index (χ3v) is 7.12. The summed E-state index contributed by atoms with van der Waals surface area (Å²) in [6.07, 6.45) is 4.63. The van der Waals surface area contributed by atoms with Gasteiger partial charge in [-0.2, -0.15) is 16.6 Å². The van der Waals surface area contributed by atoms with Crippen LogP contribution in [0.5, 0.6) is 0 Å². The van der Waals surface area contributed by atoms with Crippen LogP contribution in [0.15, 0.2) is 22.9 Å². The number of aliphatic hydroxyl groups excluding tert-OH is 1. The van der Waals surface area contributed by atoms with Crippen LogP contribution in [0.25, 0.3) is 6.08 Å². The molecule has 30 heavy (non-hydrogen) atoms. The third-order valence-electron chi connectivity index (χ3n) is 5.25. The number of fused-ring (bicyclic) bond motifs is 1. The molecule has 0 aromatic carbocycles. The second-order valence-corrected chi connectivity index (χ2v) is 9.33. The number of likely N-dealkylation sites (tertiary alicyclic amines) is 1. The minimum atomic E-state index is -0.445. The predicted octanol–water partition coefficient (Wildman–Crippen LogP) is 3.25. The van der Waals surface area contributed by atoms with Gasteiger partial charge in [-0.15, -0.1) is 11.3 Å². The van der Waals surface area contributed by atoms with E-state index in [0.717, 1.165) is 28.8 Å². The van der Waals surface area contributed by atoms with Crippen LogP contribution in [-0.2, 0) is 22.4 Å². The molecule has 0 spiro atoms. The predicted molar refractivity (Wildman–Crippen MR) is 115 cm³/mol. The number of β-amino-alcohol motifs (C(OH)–C–C–N with tert-alkyl or cyclic N) is 1. The molecule has 2 N–H and O–H groups in total. The molecule has 1 saturated heterocycles. The summed E-state index contributed by atoms with van der Waals surface area (Å²) in [7, 11) is 0. The Morgan fingerprint density at radius 1 is 1.43 bits per heavy atom. The standard InChI is InChI=1S/C21H21N3O4S2/c22-8-17-16-3-1-14(11-28-21(27)24-9-15(25)10-24)7-18(16)30-20(17)23-19(26)4-2-13-5-6-29-12-13/h2,4-6,12,14-15,25H,1,3,7,9-11H2,(H,23,26)/b4-2+. The van der Waals surface area contributed by atoms with E-state index in [2.05, 4.69) is 11.4 Å². The van der Waals surface area contributed by atoms with E-state index in [4.69, 9.17) is 4.74 Å². The van der Waals surface area contributed by atoms with E-state index in [-0.39, 0.29) is 17.9 Å². The molecule has 2 amide bonds. The number of carbonyl (C=O) groups excluding carboxylic acids is 2. The topological polar surface area (TPSA) is 103 Å². The number of rotatable bonds is 5. The summed E-state index contributed by atoms with van der Waals surface area (Å²) in [5, 5.41) is 26.2. The monoisotopic (exact) mass is 443 g/mol. The molecule has 0 bridgehead atoms. The van der Waals surface area contributed by atoms with Crippen LogP contribution < -0.4 is 5.32 Å². The molecule has 2 aromatic rings. The first-order valence-electron chi connectivity index (χ1n) is 9.69. The molecule has 156 valence electrons. The lowest BCUT2D eigenvalue weighted by Gasteiger charge is -2.35. The lowest BCUT2D eigenvalue weighted by atomic mass is 9.88. The van der Waals surface area contributed by atoms with Crippen LogP contribution in [0, 0.1) is 17.2 Å². The average Bonchev–Trinajstić information content (AvgIpc) is 3.34. The lowest BCUT2D eigenvalue weighted by Crippen LogP contribution is -2.53. The highest BCUT2D eigenvalue weighted by molar-refractivity contribution is 7.16. The van der Waals surface area contributed by atoms with Crippen LogP contribution in [0.3, 0.4) is 0 Å². The van der Waals surface area contributed by atoms with Gasteiger partial charge in [-0.25, -0.2) is 4.79 Å². The maximum atomic E-state index is 12.3.